The minimum Gasteiger partial charge on any atom is -0.468 e. The van der Waals surface area contributed by atoms with Crippen molar-refractivity contribution in [3.63, 3.8) is 0 Å². The second-order valence-electron chi connectivity index (χ2n) is 8.13. The summed E-state index contributed by atoms with van der Waals surface area (Å²) in [6.07, 6.45) is 1.31. The van der Waals surface area contributed by atoms with E-state index in [1.54, 1.807) is 20.8 Å². The van der Waals surface area contributed by atoms with Crippen LogP contribution >= 0.6 is 0 Å². The summed E-state index contributed by atoms with van der Waals surface area (Å²) in [7, 11) is -3.06. The van der Waals surface area contributed by atoms with E-state index >= 15 is 4.39 Å². The molecule has 0 saturated carbocycles. The Bertz CT molecular complexity index is 1260. The molecule has 3 aromatic rings. The zero-order chi connectivity index (χ0) is 23.8. The Kier molecular flexibility index (Phi) is 6.14. The summed E-state index contributed by atoms with van der Waals surface area (Å²) in [5.74, 6) is -2.03. The van der Waals surface area contributed by atoms with E-state index in [4.69, 9.17) is 9.15 Å². The lowest BCUT2D eigenvalue weighted by molar-refractivity contribution is 0.0294. The number of ether oxygens (including phenoxy) is 1. The third kappa shape index (κ3) is 4.12. The maximum absolute atomic E-state index is 15.9. The molecule has 0 aliphatic carbocycles. The first-order chi connectivity index (χ1) is 14.9. The monoisotopic (exact) mass is 467 g/mol. The number of nitrogens with zero attached hydrogens (tertiary/aromatic N) is 2. The van der Waals surface area contributed by atoms with Gasteiger partial charge in [-0.15, -0.1) is 0 Å². The Balaban J connectivity index is 2.36. The zero-order valence-corrected chi connectivity index (χ0v) is 19.0. The molecule has 0 aliphatic heterocycles. The first-order valence-corrected chi connectivity index (χ1v) is 11.0. The second-order valence-corrected chi connectivity index (χ2v) is 9.92. The van der Waals surface area contributed by atoms with Crippen LogP contribution in [0.1, 0.15) is 38.2 Å². The minimum absolute atomic E-state index is 0.0762. The summed E-state index contributed by atoms with van der Waals surface area (Å²) in [6.45, 7) is 6.51. The molecular formula is C21H23F2N3O5S. The standard InChI is InChI=1S/C21H23F2N3O5S/c1-12-15(8-10-30-12)32(28,29)26-11-14(18(21(2,3)4)31-20(27)24-5)16(22)17(26)13-7-6-9-25-19(13)23/h6-11,18H,1-5H3,(H,24,27). The number of halogens is 2. The molecule has 32 heavy (non-hydrogen) atoms. The van der Waals surface area contributed by atoms with Crippen molar-refractivity contribution in [3.8, 4) is 11.3 Å². The molecule has 0 radical (unpaired) electrons. The van der Waals surface area contributed by atoms with Crippen LogP contribution in [0.15, 0.2) is 46.2 Å². The summed E-state index contributed by atoms with van der Waals surface area (Å²) in [4.78, 5) is 15.2. The molecule has 8 nitrogen and oxygen atoms in total. The molecule has 172 valence electrons. The average Bonchev–Trinajstić information content (AvgIpc) is 3.29. The quantitative estimate of drug-likeness (QED) is 0.558. The molecule has 1 N–H and O–H groups in total. The number of rotatable bonds is 5. The predicted octanol–water partition coefficient (Wildman–Crippen LogP) is 4.41. The fourth-order valence-electron chi connectivity index (χ4n) is 3.27. The van der Waals surface area contributed by atoms with Gasteiger partial charge in [0.2, 0.25) is 5.95 Å². The van der Waals surface area contributed by atoms with Gasteiger partial charge in [0.1, 0.15) is 22.5 Å². The van der Waals surface area contributed by atoms with Crippen LogP contribution in [0.2, 0.25) is 0 Å². The number of hydrogen-bond acceptors (Lipinski definition) is 6. The van der Waals surface area contributed by atoms with Gasteiger partial charge < -0.3 is 14.5 Å². The number of hydrogen-bond donors (Lipinski definition) is 1. The molecule has 1 unspecified atom stereocenters. The highest BCUT2D eigenvalue weighted by Crippen LogP contribution is 2.42. The number of alkyl carbamates (subject to hydrolysis) is 1. The van der Waals surface area contributed by atoms with Crippen molar-refractivity contribution in [3.05, 3.63) is 59.9 Å². The van der Waals surface area contributed by atoms with Gasteiger partial charge in [-0.05, 0) is 25.1 Å². The van der Waals surface area contributed by atoms with Crippen LogP contribution in [-0.2, 0) is 14.8 Å². The molecular weight excluding hydrogens is 444 g/mol. The molecule has 3 aromatic heterocycles. The number of aromatic nitrogens is 2. The second kappa shape index (κ2) is 8.38. The fourth-order valence-corrected chi connectivity index (χ4v) is 4.79. The van der Waals surface area contributed by atoms with Crippen LogP contribution in [0.4, 0.5) is 13.6 Å². The van der Waals surface area contributed by atoms with Crippen LogP contribution < -0.4 is 5.32 Å². The smallest absolute Gasteiger partial charge is 0.407 e. The summed E-state index contributed by atoms with van der Waals surface area (Å²) >= 11 is 0. The van der Waals surface area contributed by atoms with Crippen molar-refractivity contribution in [2.75, 3.05) is 7.05 Å². The number of aryl methyl sites for hydroxylation is 1. The summed E-state index contributed by atoms with van der Waals surface area (Å²) < 4.78 is 68.3. The molecule has 0 aliphatic rings. The molecule has 0 aromatic carbocycles. The van der Waals surface area contributed by atoms with Gasteiger partial charge >= 0.3 is 6.09 Å². The van der Waals surface area contributed by atoms with Gasteiger partial charge in [0.25, 0.3) is 10.0 Å². The van der Waals surface area contributed by atoms with Crippen molar-refractivity contribution in [1.82, 2.24) is 14.3 Å². The van der Waals surface area contributed by atoms with E-state index in [1.165, 1.54) is 38.4 Å². The normalized spacial score (nSPS) is 13.1. The molecule has 3 heterocycles. The summed E-state index contributed by atoms with van der Waals surface area (Å²) in [6, 6.07) is 3.78. The maximum Gasteiger partial charge on any atom is 0.407 e. The molecule has 0 fully saturated rings. The van der Waals surface area contributed by atoms with Gasteiger partial charge in [-0.3, -0.25) is 0 Å². The third-order valence-corrected chi connectivity index (χ3v) is 6.58. The van der Waals surface area contributed by atoms with Crippen LogP contribution in [0, 0.1) is 24.1 Å². The highest BCUT2D eigenvalue weighted by Gasteiger charge is 2.38. The van der Waals surface area contributed by atoms with Gasteiger partial charge in [0, 0.05) is 30.4 Å². The number of nitrogens with one attached hydrogen (secondary N) is 1. The summed E-state index contributed by atoms with van der Waals surface area (Å²) in [5.41, 5.74) is -2.00. The Hall–Kier alpha value is -3.21. The van der Waals surface area contributed by atoms with E-state index in [0.29, 0.717) is 3.97 Å². The van der Waals surface area contributed by atoms with Crippen molar-refractivity contribution in [2.24, 2.45) is 5.41 Å². The van der Waals surface area contributed by atoms with Gasteiger partial charge in [0.15, 0.2) is 5.82 Å². The minimum atomic E-state index is -4.40. The van der Waals surface area contributed by atoms with Crippen LogP contribution in [0.5, 0.6) is 0 Å². The lowest BCUT2D eigenvalue weighted by Crippen LogP contribution is -2.29. The molecule has 3 rings (SSSR count). The Morgan fingerprint density at radius 2 is 1.97 bits per heavy atom. The van der Waals surface area contributed by atoms with E-state index in [0.717, 1.165) is 12.4 Å². The van der Waals surface area contributed by atoms with Gasteiger partial charge in [0.05, 0.1) is 11.8 Å². The number of carbonyl (C=O) groups is 1. The first kappa shape index (κ1) is 23.5. The van der Waals surface area contributed by atoms with Gasteiger partial charge in [-0.25, -0.2) is 26.6 Å². The SMILES string of the molecule is CNC(=O)OC(c1cn(S(=O)(=O)c2ccoc2C)c(-c2cccnc2F)c1F)C(C)(C)C. The number of furan rings is 1. The molecule has 0 bridgehead atoms. The topological polar surface area (TPSA) is 103 Å². The van der Waals surface area contributed by atoms with Gasteiger partial charge in [-0.1, -0.05) is 20.8 Å². The van der Waals surface area contributed by atoms with Crippen molar-refractivity contribution >= 4 is 16.1 Å². The third-order valence-electron chi connectivity index (χ3n) is 4.80. The van der Waals surface area contributed by atoms with Crippen molar-refractivity contribution in [2.45, 2.75) is 38.7 Å². The predicted molar refractivity (Wildman–Crippen MR) is 111 cm³/mol. The molecule has 0 spiro atoms. The number of carbonyl (C=O) groups excluding carboxylic acids is 1. The van der Waals surface area contributed by atoms with Crippen LogP contribution in [0.25, 0.3) is 11.3 Å². The number of pyridine rings is 1. The lowest BCUT2D eigenvalue weighted by Gasteiger charge is -2.29. The van der Waals surface area contributed by atoms with E-state index < -0.39 is 45.1 Å². The molecule has 0 saturated heterocycles. The Morgan fingerprint density at radius 1 is 1.28 bits per heavy atom. The van der Waals surface area contributed by atoms with E-state index in [2.05, 4.69) is 10.3 Å². The Labute approximate surface area is 184 Å². The average molecular weight is 467 g/mol. The Morgan fingerprint density at radius 3 is 2.50 bits per heavy atom. The largest absolute Gasteiger partial charge is 0.468 e. The highest BCUT2D eigenvalue weighted by molar-refractivity contribution is 7.90. The zero-order valence-electron chi connectivity index (χ0n) is 18.1. The summed E-state index contributed by atoms with van der Waals surface area (Å²) in [5, 5.41) is 2.29. The first-order valence-electron chi connectivity index (χ1n) is 9.59. The van der Waals surface area contributed by atoms with Crippen molar-refractivity contribution in [1.29, 1.82) is 0 Å². The maximum atomic E-state index is 15.9. The van der Waals surface area contributed by atoms with E-state index in [1.807, 2.05) is 0 Å². The van der Waals surface area contributed by atoms with Crippen LogP contribution in [-0.4, -0.2) is 30.5 Å². The van der Waals surface area contributed by atoms with Gasteiger partial charge in [-0.2, -0.15) is 4.39 Å². The number of amides is 1. The van der Waals surface area contributed by atoms with E-state index in [-0.39, 0.29) is 21.8 Å². The van der Waals surface area contributed by atoms with E-state index in [9.17, 15) is 17.6 Å². The molecule has 11 heteroatoms. The highest BCUT2D eigenvalue weighted by atomic mass is 32.2. The fraction of sp³-hybridized carbons (Fsp3) is 0.333. The lowest BCUT2D eigenvalue weighted by atomic mass is 9.85. The van der Waals surface area contributed by atoms with Crippen molar-refractivity contribution < 1.29 is 31.1 Å². The van der Waals surface area contributed by atoms with Crippen LogP contribution in [0.3, 0.4) is 0 Å². The molecule has 1 amide bonds. The molecule has 1 atom stereocenters.